The van der Waals surface area contributed by atoms with Gasteiger partial charge in [0.05, 0.1) is 6.54 Å². The molecule has 1 fully saturated rings. The highest BCUT2D eigenvalue weighted by molar-refractivity contribution is 5.97. The Morgan fingerprint density at radius 2 is 2.39 bits per heavy atom. The van der Waals surface area contributed by atoms with Crippen molar-refractivity contribution in [2.45, 2.75) is 31.7 Å². The van der Waals surface area contributed by atoms with Gasteiger partial charge in [0.15, 0.2) is 5.78 Å². The predicted octanol–water partition coefficient (Wildman–Crippen LogP) is 1.44. The molecule has 1 aromatic rings. The van der Waals surface area contributed by atoms with Crippen LogP contribution in [0, 0.1) is 0 Å². The van der Waals surface area contributed by atoms with Crippen LogP contribution in [0.15, 0.2) is 18.5 Å². The number of aryl methyl sites for hydroxylation is 1. The van der Waals surface area contributed by atoms with Gasteiger partial charge in [-0.05, 0) is 38.3 Å². The van der Waals surface area contributed by atoms with E-state index >= 15 is 0 Å². The number of likely N-dealkylation sites (tertiary alicyclic amines) is 1. The van der Waals surface area contributed by atoms with E-state index in [1.54, 1.807) is 0 Å². The third-order valence-electron chi connectivity index (χ3n) is 3.70. The third kappa shape index (κ3) is 3.21. The smallest absolute Gasteiger partial charge is 0.178 e. The highest BCUT2D eigenvalue weighted by atomic mass is 16.2. The molecule has 1 atom stereocenters. The summed E-state index contributed by atoms with van der Waals surface area (Å²) < 4.78 is 1.90. The number of hydrogen-bond acceptors (Lipinski definition) is 3. The van der Waals surface area contributed by atoms with Gasteiger partial charge in [-0.15, -0.1) is 0 Å². The molecule has 0 radical (unpaired) electrons. The van der Waals surface area contributed by atoms with E-state index in [0.717, 1.165) is 37.8 Å². The summed E-state index contributed by atoms with van der Waals surface area (Å²) >= 11 is 0. The van der Waals surface area contributed by atoms with Crippen molar-refractivity contribution in [2.75, 3.05) is 19.7 Å². The predicted molar refractivity (Wildman–Crippen MR) is 70.7 cm³/mol. The molecule has 4 heteroatoms. The van der Waals surface area contributed by atoms with Gasteiger partial charge in [0.25, 0.3) is 0 Å². The van der Waals surface area contributed by atoms with Gasteiger partial charge in [-0.1, -0.05) is 0 Å². The van der Waals surface area contributed by atoms with Crippen LogP contribution in [-0.2, 0) is 7.05 Å². The van der Waals surface area contributed by atoms with Crippen LogP contribution in [-0.4, -0.2) is 46.1 Å². The number of hydrogen-bond donors (Lipinski definition) is 1. The molecule has 1 aliphatic rings. The number of Topliss-reactive ketones (excluding diaryl/α,β-unsaturated/α-hetero) is 1. The van der Waals surface area contributed by atoms with E-state index in [9.17, 15) is 4.79 Å². The second-order valence-electron chi connectivity index (χ2n) is 5.12. The Hall–Kier alpha value is -1.13. The molecular weight excluding hydrogens is 228 g/mol. The zero-order valence-electron chi connectivity index (χ0n) is 11.0. The average Bonchev–Trinajstić information content (AvgIpc) is 2.96. The number of aliphatic hydroxyl groups excluding tert-OH is 1. The van der Waals surface area contributed by atoms with Crippen molar-refractivity contribution in [3.8, 4) is 0 Å². The summed E-state index contributed by atoms with van der Waals surface area (Å²) in [6.45, 7) is 1.77. The van der Waals surface area contributed by atoms with Crippen LogP contribution < -0.4 is 0 Å². The van der Waals surface area contributed by atoms with Crippen LogP contribution in [0.5, 0.6) is 0 Å². The van der Waals surface area contributed by atoms with Gasteiger partial charge in [-0.25, -0.2) is 0 Å². The summed E-state index contributed by atoms with van der Waals surface area (Å²) in [7, 11) is 1.93. The van der Waals surface area contributed by atoms with Crippen molar-refractivity contribution in [3.05, 3.63) is 24.0 Å². The van der Waals surface area contributed by atoms with Crippen molar-refractivity contribution >= 4 is 5.78 Å². The summed E-state index contributed by atoms with van der Waals surface area (Å²) in [5.41, 5.74) is 0.797. The van der Waals surface area contributed by atoms with Crippen molar-refractivity contribution in [1.29, 1.82) is 0 Å². The molecule has 1 N–H and O–H groups in total. The van der Waals surface area contributed by atoms with E-state index < -0.39 is 0 Å². The first-order valence-electron chi connectivity index (χ1n) is 6.71. The number of aliphatic hydroxyl groups is 1. The summed E-state index contributed by atoms with van der Waals surface area (Å²) in [4.78, 5) is 14.4. The quantitative estimate of drug-likeness (QED) is 0.777. The first-order chi connectivity index (χ1) is 8.70. The lowest BCUT2D eigenvalue weighted by molar-refractivity contribution is 0.0916. The molecule has 0 saturated carbocycles. The van der Waals surface area contributed by atoms with E-state index in [-0.39, 0.29) is 12.4 Å². The number of carbonyl (C=O) groups is 1. The molecule has 2 rings (SSSR count). The lowest BCUT2D eigenvalue weighted by atomic mass is 10.1. The van der Waals surface area contributed by atoms with Crippen LogP contribution in [0.4, 0.5) is 0 Å². The Bertz CT molecular complexity index is 400. The average molecular weight is 250 g/mol. The second-order valence-corrected chi connectivity index (χ2v) is 5.12. The molecule has 18 heavy (non-hydrogen) atoms. The molecule has 1 unspecified atom stereocenters. The standard InChI is InChI=1S/C14H22N2O2/c1-15-8-6-12(10-15)14(18)11-16-7-2-4-13(16)5-3-9-17/h6,8,10,13,17H,2-5,7,9,11H2,1H3. The second kappa shape index (κ2) is 6.16. The van der Waals surface area contributed by atoms with Crippen LogP contribution in [0.1, 0.15) is 36.0 Å². The van der Waals surface area contributed by atoms with Gasteiger partial charge in [-0.3, -0.25) is 9.69 Å². The molecular formula is C14H22N2O2. The Morgan fingerprint density at radius 3 is 3.06 bits per heavy atom. The fourth-order valence-electron chi connectivity index (χ4n) is 2.70. The summed E-state index contributed by atoms with van der Waals surface area (Å²) in [5, 5.41) is 8.89. The molecule has 0 aromatic carbocycles. The molecule has 1 aliphatic heterocycles. The van der Waals surface area contributed by atoms with Gasteiger partial charge in [0.2, 0.25) is 0 Å². The van der Waals surface area contributed by atoms with Crippen LogP contribution >= 0.6 is 0 Å². The SMILES string of the molecule is Cn1ccc(C(=O)CN2CCCC2CCCO)c1. The third-order valence-corrected chi connectivity index (χ3v) is 3.70. The molecule has 2 heterocycles. The monoisotopic (exact) mass is 250 g/mol. The van der Waals surface area contributed by atoms with E-state index in [1.165, 1.54) is 0 Å². The lowest BCUT2D eigenvalue weighted by Gasteiger charge is -2.23. The van der Waals surface area contributed by atoms with Crippen LogP contribution in [0.2, 0.25) is 0 Å². The maximum absolute atomic E-state index is 12.1. The number of aromatic nitrogens is 1. The minimum Gasteiger partial charge on any atom is -0.396 e. The maximum Gasteiger partial charge on any atom is 0.178 e. The van der Waals surface area contributed by atoms with Gasteiger partial charge < -0.3 is 9.67 Å². The van der Waals surface area contributed by atoms with Crippen LogP contribution in [0.25, 0.3) is 0 Å². The Labute approximate surface area is 108 Å². The first kappa shape index (κ1) is 13.3. The van der Waals surface area contributed by atoms with Gasteiger partial charge in [0, 0.05) is 37.7 Å². The minimum atomic E-state index is 0.200. The van der Waals surface area contributed by atoms with Gasteiger partial charge >= 0.3 is 0 Å². The lowest BCUT2D eigenvalue weighted by Crippen LogP contribution is -2.34. The number of rotatable bonds is 6. The molecule has 0 amide bonds. The Kier molecular flexibility index (Phi) is 4.55. The molecule has 4 nitrogen and oxygen atoms in total. The van der Waals surface area contributed by atoms with E-state index in [2.05, 4.69) is 4.90 Å². The summed E-state index contributed by atoms with van der Waals surface area (Å²) in [6.07, 6.45) is 7.93. The molecule has 0 bridgehead atoms. The van der Waals surface area contributed by atoms with Crippen molar-refractivity contribution in [3.63, 3.8) is 0 Å². The molecule has 100 valence electrons. The summed E-state index contributed by atoms with van der Waals surface area (Å²) in [6, 6.07) is 2.35. The number of ketones is 1. The first-order valence-corrected chi connectivity index (χ1v) is 6.71. The Morgan fingerprint density at radius 1 is 1.56 bits per heavy atom. The normalized spacial score (nSPS) is 20.4. The highest BCUT2D eigenvalue weighted by Crippen LogP contribution is 2.21. The van der Waals surface area contributed by atoms with E-state index in [0.29, 0.717) is 12.6 Å². The topological polar surface area (TPSA) is 45.5 Å². The van der Waals surface area contributed by atoms with Crippen molar-refractivity contribution in [2.24, 2.45) is 7.05 Å². The van der Waals surface area contributed by atoms with Crippen LogP contribution in [0.3, 0.4) is 0 Å². The van der Waals surface area contributed by atoms with Gasteiger partial charge in [0.1, 0.15) is 0 Å². The van der Waals surface area contributed by atoms with E-state index in [1.807, 2.05) is 30.1 Å². The van der Waals surface area contributed by atoms with Crippen molar-refractivity contribution in [1.82, 2.24) is 9.47 Å². The highest BCUT2D eigenvalue weighted by Gasteiger charge is 2.26. The fraction of sp³-hybridized carbons (Fsp3) is 0.643. The molecule has 0 spiro atoms. The minimum absolute atomic E-state index is 0.200. The summed E-state index contributed by atoms with van der Waals surface area (Å²) in [5.74, 6) is 0.200. The number of carbonyl (C=O) groups excluding carboxylic acids is 1. The van der Waals surface area contributed by atoms with Gasteiger partial charge in [-0.2, -0.15) is 0 Å². The maximum atomic E-state index is 12.1. The number of nitrogens with zero attached hydrogens (tertiary/aromatic N) is 2. The zero-order chi connectivity index (χ0) is 13.0. The zero-order valence-corrected chi connectivity index (χ0v) is 11.0. The van der Waals surface area contributed by atoms with Crippen molar-refractivity contribution < 1.29 is 9.90 Å². The largest absolute Gasteiger partial charge is 0.396 e. The molecule has 1 saturated heterocycles. The Balaban J connectivity index is 1.90. The van der Waals surface area contributed by atoms with E-state index in [4.69, 9.17) is 5.11 Å². The fourth-order valence-corrected chi connectivity index (χ4v) is 2.70. The molecule has 0 aliphatic carbocycles. The molecule has 1 aromatic heterocycles.